The number of nitrogens with zero attached hydrogens (tertiary/aromatic N) is 2. The predicted octanol–water partition coefficient (Wildman–Crippen LogP) is 4.33. The first-order chi connectivity index (χ1) is 16.1. The average Bonchev–Trinajstić information content (AvgIpc) is 2.85. The predicted molar refractivity (Wildman–Crippen MR) is 126 cm³/mol. The van der Waals surface area contributed by atoms with Crippen molar-refractivity contribution in [3.63, 3.8) is 0 Å². The van der Waals surface area contributed by atoms with Crippen LogP contribution >= 0.6 is 0 Å². The Morgan fingerprint density at radius 2 is 1.64 bits per heavy atom. The average molecular weight is 449 g/mol. The van der Waals surface area contributed by atoms with Gasteiger partial charge >= 0.3 is 0 Å². The summed E-state index contributed by atoms with van der Waals surface area (Å²) in [5, 5.41) is 0. The molecule has 0 unspecified atom stereocenters. The molecule has 174 valence electrons. The highest BCUT2D eigenvalue weighted by molar-refractivity contribution is 6.01. The van der Waals surface area contributed by atoms with Crippen molar-refractivity contribution in [2.75, 3.05) is 32.8 Å². The number of hydrogen-bond donors (Lipinski definition) is 0. The molecule has 5 rings (SSSR count). The van der Waals surface area contributed by atoms with Crippen molar-refractivity contribution < 1.29 is 19.1 Å². The van der Waals surface area contributed by atoms with Crippen molar-refractivity contribution in [3.8, 4) is 11.5 Å². The molecule has 33 heavy (non-hydrogen) atoms. The van der Waals surface area contributed by atoms with Gasteiger partial charge in [-0.3, -0.25) is 9.59 Å². The Kier molecular flexibility index (Phi) is 6.00. The molecule has 6 heteroatoms. The first-order valence-corrected chi connectivity index (χ1v) is 12.2. The molecule has 0 radical (unpaired) electrons. The molecular formula is C27H32N2O4. The van der Waals surface area contributed by atoms with Gasteiger partial charge in [-0.15, -0.1) is 0 Å². The number of piperidine rings is 1. The van der Waals surface area contributed by atoms with Gasteiger partial charge in [0, 0.05) is 25.2 Å². The summed E-state index contributed by atoms with van der Waals surface area (Å²) in [7, 11) is 0. The highest BCUT2D eigenvalue weighted by Crippen LogP contribution is 2.49. The first-order valence-electron chi connectivity index (χ1n) is 12.2. The molecule has 3 aliphatic rings. The molecule has 3 aliphatic heterocycles. The topological polar surface area (TPSA) is 59.1 Å². The molecule has 0 aliphatic carbocycles. The van der Waals surface area contributed by atoms with Crippen LogP contribution in [0.2, 0.25) is 0 Å². The lowest BCUT2D eigenvalue weighted by Gasteiger charge is -2.46. The van der Waals surface area contributed by atoms with Gasteiger partial charge in [-0.2, -0.15) is 0 Å². The van der Waals surface area contributed by atoms with E-state index in [-0.39, 0.29) is 17.9 Å². The third kappa shape index (κ3) is 3.75. The van der Waals surface area contributed by atoms with Crippen molar-refractivity contribution in [3.05, 3.63) is 58.7 Å². The number of hydrogen-bond acceptors (Lipinski definition) is 4. The van der Waals surface area contributed by atoms with Crippen molar-refractivity contribution in [2.24, 2.45) is 0 Å². The quantitative estimate of drug-likeness (QED) is 0.683. The summed E-state index contributed by atoms with van der Waals surface area (Å²) in [5.74, 6) is 1.13. The van der Waals surface area contributed by atoms with E-state index in [0.717, 1.165) is 54.8 Å². The van der Waals surface area contributed by atoms with Gasteiger partial charge in [0.1, 0.15) is 0 Å². The summed E-state index contributed by atoms with van der Waals surface area (Å²) in [6.45, 7) is 7.15. The van der Waals surface area contributed by atoms with Crippen molar-refractivity contribution >= 4 is 11.8 Å². The van der Waals surface area contributed by atoms with Gasteiger partial charge in [0.25, 0.3) is 5.91 Å². The van der Waals surface area contributed by atoms with Gasteiger partial charge in [0.2, 0.25) is 5.91 Å². The Bertz CT molecular complexity index is 1060. The van der Waals surface area contributed by atoms with Gasteiger partial charge in [0.15, 0.2) is 11.5 Å². The molecule has 0 saturated carbocycles. The molecule has 1 saturated heterocycles. The van der Waals surface area contributed by atoms with E-state index in [9.17, 15) is 9.59 Å². The number of ether oxygens (including phenoxy) is 2. The third-order valence-electron chi connectivity index (χ3n) is 7.12. The Morgan fingerprint density at radius 3 is 2.36 bits per heavy atom. The fraction of sp³-hybridized carbons (Fsp3) is 0.481. The Morgan fingerprint density at radius 1 is 0.939 bits per heavy atom. The van der Waals surface area contributed by atoms with Gasteiger partial charge in [-0.05, 0) is 74.4 Å². The Balaban J connectivity index is 1.65. The number of carbonyl (C=O) groups excluding carboxylic acids is 2. The fourth-order valence-corrected chi connectivity index (χ4v) is 5.65. The van der Waals surface area contributed by atoms with Crippen LogP contribution in [0.5, 0.6) is 11.5 Å². The molecule has 1 fully saturated rings. The monoisotopic (exact) mass is 448 g/mol. The van der Waals surface area contributed by atoms with E-state index in [4.69, 9.17) is 9.47 Å². The zero-order valence-electron chi connectivity index (χ0n) is 19.5. The molecule has 3 heterocycles. The smallest absolute Gasteiger partial charge is 0.254 e. The van der Waals surface area contributed by atoms with Gasteiger partial charge in [-0.25, -0.2) is 0 Å². The Labute approximate surface area is 195 Å². The van der Waals surface area contributed by atoms with Gasteiger partial charge in [0.05, 0.1) is 25.2 Å². The molecule has 2 atom stereocenters. The van der Waals surface area contributed by atoms with E-state index >= 15 is 0 Å². The van der Waals surface area contributed by atoms with Gasteiger partial charge < -0.3 is 19.3 Å². The van der Waals surface area contributed by atoms with Crippen LogP contribution in [0.3, 0.4) is 0 Å². The minimum absolute atomic E-state index is 0.00999. The van der Waals surface area contributed by atoms with Crippen LogP contribution < -0.4 is 9.47 Å². The van der Waals surface area contributed by atoms with E-state index in [1.54, 1.807) is 0 Å². The molecule has 0 N–H and O–H groups in total. The molecule has 2 aromatic carbocycles. The van der Waals surface area contributed by atoms with Crippen LogP contribution in [0.25, 0.3) is 0 Å². The van der Waals surface area contributed by atoms with Crippen molar-refractivity contribution in [2.45, 2.75) is 51.5 Å². The summed E-state index contributed by atoms with van der Waals surface area (Å²) in [6, 6.07) is 11.4. The zero-order chi connectivity index (χ0) is 22.9. The van der Waals surface area contributed by atoms with Crippen molar-refractivity contribution in [1.82, 2.24) is 9.80 Å². The summed E-state index contributed by atoms with van der Waals surface area (Å²) in [6.07, 6.45) is 3.98. The SMILES string of the molecule is CCOc1cc2c(cc1OCC)[C@@H]1[C@H](C(=O)N3CCCCC3)c3ccccc3C(=O)N1CC2. The normalized spacial score (nSPS) is 21.7. The van der Waals surface area contributed by atoms with Crippen LogP contribution in [0, 0.1) is 0 Å². The molecule has 2 amide bonds. The van der Waals surface area contributed by atoms with Crippen LogP contribution in [0.4, 0.5) is 0 Å². The maximum Gasteiger partial charge on any atom is 0.254 e. The minimum Gasteiger partial charge on any atom is -0.490 e. The molecule has 2 aromatic rings. The van der Waals surface area contributed by atoms with Gasteiger partial charge in [-0.1, -0.05) is 18.2 Å². The maximum absolute atomic E-state index is 14.0. The molecule has 0 bridgehead atoms. The molecule has 0 spiro atoms. The summed E-state index contributed by atoms with van der Waals surface area (Å²) in [5.41, 5.74) is 3.64. The Hall–Kier alpha value is -3.02. The van der Waals surface area contributed by atoms with E-state index in [1.807, 2.05) is 54.0 Å². The number of carbonyl (C=O) groups is 2. The second-order valence-electron chi connectivity index (χ2n) is 9.01. The summed E-state index contributed by atoms with van der Waals surface area (Å²) in [4.78, 5) is 31.4. The number of amides is 2. The lowest BCUT2D eigenvalue weighted by molar-refractivity contribution is -0.135. The number of fused-ring (bicyclic) bond motifs is 4. The summed E-state index contributed by atoms with van der Waals surface area (Å²) < 4.78 is 11.8. The van der Waals surface area contributed by atoms with Crippen LogP contribution in [0.1, 0.15) is 72.1 Å². The highest BCUT2D eigenvalue weighted by atomic mass is 16.5. The molecule has 6 nitrogen and oxygen atoms in total. The van der Waals surface area contributed by atoms with E-state index in [2.05, 4.69) is 6.07 Å². The highest BCUT2D eigenvalue weighted by Gasteiger charge is 2.47. The lowest BCUT2D eigenvalue weighted by Crippen LogP contribution is -2.51. The number of rotatable bonds is 5. The van der Waals surface area contributed by atoms with E-state index < -0.39 is 5.92 Å². The van der Waals surface area contributed by atoms with Crippen LogP contribution in [-0.4, -0.2) is 54.5 Å². The second kappa shape index (κ2) is 9.08. The fourth-order valence-electron chi connectivity index (χ4n) is 5.65. The summed E-state index contributed by atoms with van der Waals surface area (Å²) >= 11 is 0. The first kappa shape index (κ1) is 21.8. The minimum atomic E-state index is -0.413. The largest absolute Gasteiger partial charge is 0.490 e. The standard InChI is InChI=1S/C27H32N2O4/c1-3-32-22-16-18-12-15-29-25(21(18)17-23(22)33-4-2)24(27(31)28-13-8-5-9-14-28)19-10-6-7-11-20(19)26(29)30/h6-7,10-11,16-17,24-25H,3-5,8-9,12-15H2,1-2H3/t24-,25-/m1/s1. The van der Waals surface area contributed by atoms with Crippen LogP contribution in [-0.2, 0) is 11.2 Å². The molecule has 0 aromatic heterocycles. The zero-order valence-corrected chi connectivity index (χ0v) is 19.5. The molecular weight excluding hydrogens is 416 g/mol. The van der Waals surface area contributed by atoms with Crippen LogP contribution in [0.15, 0.2) is 36.4 Å². The maximum atomic E-state index is 14.0. The lowest BCUT2D eigenvalue weighted by atomic mass is 9.75. The van der Waals surface area contributed by atoms with Crippen molar-refractivity contribution in [1.29, 1.82) is 0 Å². The number of likely N-dealkylation sites (tertiary alicyclic amines) is 1. The second-order valence-corrected chi connectivity index (χ2v) is 9.01. The van der Waals surface area contributed by atoms with E-state index in [0.29, 0.717) is 31.1 Å². The number of benzene rings is 2. The van der Waals surface area contributed by atoms with E-state index in [1.165, 1.54) is 6.42 Å². The third-order valence-corrected chi connectivity index (χ3v) is 7.12.